The molecular weight excluding hydrogens is 208 g/mol. The molecule has 6 nitrogen and oxygen atoms in total. The van der Waals surface area contributed by atoms with E-state index in [-0.39, 0.29) is 18.4 Å². The van der Waals surface area contributed by atoms with Crippen LogP contribution in [0, 0.1) is 0 Å². The Bertz CT molecular complexity index is 246. The quantitative estimate of drug-likeness (QED) is 0.556. The Morgan fingerprint density at radius 1 is 1.19 bits per heavy atom. The van der Waals surface area contributed by atoms with Gasteiger partial charge in [0.2, 0.25) is 5.91 Å². The summed E-state index contributed by atoms with van der Waals surface area (Å²) in [6.45, 7) is 4.41. The highest BCUT2D eigenvalue weighted by atomic mass is 16.2. The molecule has 0 fully saturated rings. The molecule has 0 aliphatic heterocycles. The van der Waals surface area contributed by atoms with Gasteiger partial charge in [-0.25, -0.2) is 4.79 Å². The van der Waals surface area contributed by atoms with Crippen molar-refractivity contribution >= 4 is 11.9 Å². The first-order valence-corrected chi connectivity index (χ1v) is 5.23. The Balaban J connectivity index is 3.60. The molecule has 4 N–H and O–H groups in total. The van der Waals surface area contributed by atoms with Gasteiger partial charge in [-0.1, -0.05) is 0 Å². The van der Waals surface area contributed by atoms with E-state index in [4.69, 9.17) is 5.73 Å². The average molecular weight is 230 g/mol. The third-order valence-electron chi connectivity index (χ3n) is 1.75. The minimum absolute atomic E-state index is 0.105. The molecule has 0 saturated carbocycles. The van der Waals surface area contributed by atoms with Gasteiger partial charge >= 0.3 is 6.03 Å². The third-order valence-corrected chi connectivity index (χ3v) is 1.75. The molecule has 0 heterocycles. The maximum Gasteiger partial charge on any atom is 0.316 e. The lowest BCUT2D eigenvalue weighted by atomic mass is 10.0. The van der Waals surface area contributed by atoms with Crippen molar-refractivity contribution in [3.63, 3.8) is 0 Å². The van der Waals surface area contributed by atoms with Gasteiger partial charge in [-0.2, -0.15) is 0 Å². The Labute approximate surface area is 96.5 Å². The van der Waals surface area contributed by atoms with Crippen molar-refractivity contribution in [1.82, 2.24) is 15.5 Å². The molecule has 0 aromatic rings. The molecule has 0 atom stereocenters. The van der Waals surface area contributed by atoms with Crippen LogP contribution in [0.25, 0.3) is 0 Å². The Morgan fingerprint density at radius 2 is 1.69 bits per heavy atom. The van der Waals surface area contributed by atoms with Crippen molar-refractivity contribution in [3.05, 3.63) is 0 Å². The van der Waals surface area contributed by atoms with Gasteiger partial charge in [0.15, 0.2) is 0 Å². The molecule has 0 aromatic heterocycles. The summed E-state index contributed by atoms with van der Waals surface area (Å²) < 4.78 is 0. The summed E-state index contributed by atoms with van der Waals surface area (Å²) in [7, 11) is 3.32. The molecule has 0 aliphatic carbocycles. The summed E-state index contributed by atoms with van der Waals surface area (Å²) in [4.78, 5) is 23.9. The number of nitrogens with two attached hydrogens (primary N) is 1. The van der Waals surface area contributed by atoms with Crippen molar-refractivity contribution in [2.75, 3.05) is 27.2 Å². The average Bonchev–Trinajstić information content (AvgIpc) is 2.08. The molecule has 0 bridgehead atoms. The predicted molar refractivity (Wildman–Crippen MR) is 63.0 cm³/mol. The minimum atomic E-state index is -0.503. The molecular formula is C10H22N4O2. The highest BCUT2D eigenvalue weighted by molar-refractivity contribution is 5.77. The number of hydrogen-bond donors (Lipinski definition) is 3. The lowest BCUT2D eigenvalue weighted by Crippen LogP contribution is -2.42. The van der Waals surface area contributed by atoms with Crippen LogP contribution in [0.5, 0.6) is 0 Å². The fraction of sp³-hybridized carbons (Fsp3) is 0.800. The molecule has 0 aliphatic rings. The fourth-order valence-electron chi connectivity index (χ4n) is 1.01. The highest BCUT2D eigenvalue weighted by Gasteiger charge is 2.15. The summed E-state index contributed by atoms with van der Waals surface area (Å²) >= 11 is 0. The number of urea groups is 1. The maximum atomic E-state index is 11.3. The Hall–Kier alpha value is -1.30. The number of amides is 3. The molecule has 0 unspecified atom stereocenters. The highest BCUT2D eigenvalue weighted by Crippen LogP contribution is 2.01. The topological polar surface area (TPSA) is 87.5 Å². The predicted octanol–water partition coefficient (Wildman–Crippen LogP) is -0.499. The lowest BCUT2D eigenvalue weighted by molar-refractivity contribution is -0.121. The van der Waals surface area contributed by atoms with E-state index in [1.807, 2.05) is 0 Å². The number of rotatable bonds is 5. The zero-order valence-electron chi connectivity index (χ0n) is 10.5. The molecule has 6 heteroatoms. The molecule has 0 radical (unpaired) electrons. The van der Waals surface area contributed by atoms with E-state index >= 15 is 0 Å². The SMILES string of the molecule is CN(C)C(=O)NCCNC(=O)CC(C)(C)N. The van der Waals surface area contributed by atoms with Crippen LogP contribution in [-0.4, -0.2) is 49.6 Å². The number of hydrogen-bond acceptors (Lipinski definition) is 3. The first-order chi connectivity index (χ1) is 7.22. The van der Waals surface area contributed by atoms with Crippen LogP contribution < -0.4 is 16.4 Å². The zero-order valence-corrected chi connectivity index (χ0v) is 10.5. The van der Waals surface area contributed by atoms with E-state index < -0.39 is 5.54 Å². The van der Waals surface area contributed by atoms with Crippen LogP contribution in [0.3, 0.4) is 0 Å². The largest absolute Gasteiger partial charge is 0.354 e. The summed E-state index contributed by atoms with van der Waals surface area (Å²) in [5, 5.41) is 5.32. The molecule has 0 saturated heterocycles. The number of nitrogens with zero attached hydrogens (tertiary/aromatic N) is 1. The van der Waals surface area contributed by atoms with Crippen LogP contribution >= 0.6 is 0 Å². The number of nitrogens with one attached hydrogen (secondary N) is 2. The van der Waals surface area contributed by atoms with Gasteiger partial charge in [0.25, 0.3) is 0 Å². The van der Waals surface area contributed by atoms with Crippen LogP contribution in [0.2, 0.25) is 0 Å². The second kappa shape index (κ2) is 6.32. The van der Waals surface area contributed by atoms with Crippen molar-refractivity contribution < 1.29 is 9.59 Å². The number of carbonyl (C=O) groups excluding carboxylic acids is 2. The van der Waals surface area contributed by atoms with Crippen molar-refractivity contribution in [2.45, 2.75) is 25.8 Å². The van der Waals surface area contributed by atoms with Gasteiger partial charge in [0.1, 0.15) is 0 Å². The normalized spacial score (nSPS) is 10.8. The van der Waals surface area contributed by atoms with Gasteiger partial charge in [0.05, 0.1) is 0 Å². The Kier molecular flexibility index (Phi) is 5.81. The molecule has 0 spiro atoms. The maximum absolute atomic E-state index is 11.3. The van der Waals surface area contributed by atoms with Gasteiger partial charge in [-0.05, 0) is 13.8 Å². The van der Waals surface area contributed by atoms with Gasteiger partial charge < -0.3 is 21.3 Å². The van der Waals surface area contributed by atoms with E-state index in [2.05, 4.69) is 10.6 Å². The van der Waals surface area contributed by atoms with Crippen LogP contribution in [-0.2, 0) is 4.79 Å². The van der Waals surface area contributed by atoms with E-state index in [1.54, 1.807) is 27.9 Å². The van der Waals surface area contributed by atoms with E-state index in [1.165, 1.54) is 4.90 Å². The van der Waals surface area contributed by atoms with E-state index in [0.717, 1.165) is 0 Å². The van der Waals surface area contributed by atoms with Crippen LogP contribution in [0.1, 0.15) is 20.3 Å². The zero-order chi connectivity index (χ0) is 12.8. The van der Waals surface area contributed by atoms with E-state index in [0.29, 0.717) is 13.1 Å². The minimum Gasteiger partial charge on any atom is -0.354 e. The molecule has 0 rings (SSSR count). The van der Waals surface area contributed by atoms with Gasteiger partial charge in [0, 0.05) is 39.1 Å². The standard InChI is InChI=1S/C10H22N4O2/c1-10(2,11)7-8(15)12-5-6-13-9(16)14(3)4/h5-7,11H2,1-4H3,(H,12,15)(H,13,16). The van der Waals surface area contributed by atoms with Crippen LogP contribution in [0.4, 0.5) is 4.79 Å². The second-order valence-corrected chi connectivity index (χ2v) is 4.64. The van der Waals surface area contributed by atoms with Crippen LogP contribution in [0.15, 0.2) is 0 Å². The van der Waals surface area contributed by atoms with Crippen molar-refractivity contribution in [1.29, 1.82) is 0 Å². The van der Waals surface area contributed by atoms with Gasteiger partial charge in [-0.15, -0.1) is 0 Å². The Morgan fingerprint density at radius 3 is 2.12 bits per heavy atom. The van der Waals surface area contributed by atoms with E-state index in [9.17, 15) is 9.59 Å². The third kappa shape index (κ3) is 8.05. The first-order valence-electron chi connectivity index (χ1n) is 5.23. The summed E-state index contributed by atoms with van der Waals surface area (Å²) in [5.41, 5.74) is 5.19. The lowest BCUT2D eigenvalue weighted by Gasteiger charge is -2.17. The van der Waals surface area contributed by atoms with Crippen molar-refractivity contribution in [2.24, 2.45) is 5.73 Å². The molecule has 0 aromatic carbocycles. The molecule has 3 amide bonds. The second-order valence-electron chi connectivity index (χ2n) is 4.64. The molecule has 16 heavy (non-hydrogen) atoms. The van der Waals surface area contributed by atoms with Crippen molar-refractivity contribution in [3.8, 4) is 0 Å². The molecule has 94 valence electrons. The fourth-order valence-corrected chi connectivity index (χ4v) is 1.01. The number of carbonyl (C=O) groups is 2. The summed E-state index contributed by atoms with van der Waals surface area (Å²) in [5.74, 6) is -0.105. The first kappa shape index (κ1) is 14.7. The summed E-state index contributed by atoms with van der Waals surface area (Å²) in [6.07, 6.45) is 0.272. The summed E-state index contributed by atoms with van der Waals surface area (Å²) in [6, 6.07) is -0.173. The van der Waals surface area contributed by atoms with Gasteiger partial charge in [-0.3, -0.25) is 4.79 Å². The monoisotopic (exact) mass is 230 g/mol. The smallest absolute Gasteiger partial charge is 0.316 e.